The van der Waals surface area contributed by atoms with Crippen LogP contribution < -0.4 is 21.3 Å². The molecule has 21 heavy (non-hydrogen) atoms. The Bertz CT molecular complexity index is 880. The van der Waals surface area contributed by atoms with E-state index in [1.807, 2.05) is 44.3 Å². The van der Waals surface area contributed by atoms with Crippen molar-refractivity contribution in [3.63, 3.8) is 0 Å². The predicted octanol–water partition coefficient (Wildman–Crippen LogP) is 0.515. The first-order chi connectivity index (χ1) is 10.2. The van der Waals surface area contributed by atoms with E-state index in [1.165, 1.54) is 0 Å². The molecule has 0 radical (unpaired) electrons. The molecule has 0 unspecified atom stereocenters. The molecule has 0 bridgehead atoms. The number of anilines is 3. The van der Waals surface area contributed by atoms with E-state index in [9.17, 15) is 0 Å². The van der Waals surface area contributed by atoms with Gasteiger partial charge in [0.15, 0.2) is 5.82 Å². The highest BCUT2D eigenvalue weighted by atomic mass is 15.5. The fraction of sp³-hybridized carbons (Fsp3) is 0.143. The SMILES string of the molecule is C=c1/c(=C\C)nc(Nc2ccc(NC)cc2)c2nnnn12. The second kappa shape index (κ2) is 5.20. The van der Waals surface area contributed by atoms with E-state index in [1.54, 1.807) is 4.52 Å². The molecule has 3 aromatic rings. The number of fused-ring (bicyclic) bond motifs is 1. The number of aromatic nitrogens is 5. The van der Waals surface area contributed by atoms with Crippen LogP contribution >= 0.6 is 0 Å². The highest BCUT2D eigenvalue weighted by molar-refractivity contribution is 5.70. The van der Waals surface area contributed by atoms with E-state index in [0.29, 0.717) is 16.8 Å². The summed E-state index contributed by atoms with van der Waals surface area (Å²) >= 11 is 0. The maximum atomic E-state index is 4.52. The minimum Gasteiger partial charge on any atom is -0.388 e. The molecule has 7 nitrogen and oxygen atoms in total. The minimum absolute atomic E-state index is 0.545. The molecule has 2 heterocycles. The summed E-state index contributed by atoms with van der Waals surface area (Å²) in [5, 5.41) is 19.3. The second-order valence-electron chi connectivity index (χ2n) is 4.45. The van der Waals surface area contributed by atoms with Gasteiger partial charge in [-0.1, -0.05) is 12.7 Å². The summed E-state index contributed by atoms with van der Waals surface area (Å²) in [5.41, 5.74) is 2.49. The molecule has 0 saturated heterocycles. The maximum Gasteiger partial charge on any atom is 0.222 e. The lowest BCUT2D eigenvalue weighted by molar-refractivity contribution is 0.799. The number of benzene rings is 1. The van der Waals surface area contributed by atoms with Gasteiger partial charge in [0.05, 0.1) is 10.7 Å². The predicted molar refractivity (Wildman–Crippen MR) is 82.8 cm³/mol. The Labute approximate surface area is 121 Å². The highest BCUT2D eigenvalue weighted by Gasteiger charge is 2.08. The van der Waals surface area contributed by atoms with Crippen molar-refractivity contribution in [3.8, 4) is 0 Å². The number of hydrogen-bond acceptors (Lipinski definition) is 6. The smallest absolute Gasteiger partial charge is 0.222 e. The van der Waals surface area contributed by atoms with Gasteiger partial charge in [-0.15, -0.1) is 5.10 Å². The van der Waals surface area contributed by atoms with Crippen molar-refractivity contribution in [1.29, 1.82) is 0 Å². The molecule has 0 saturated carbocycles. The van der Waals surface area contributed by atoms with Crippen LogP contribution in [0.2, 0.25) is 0 Å². The molecular weight excluding hydrogens is 266 g/mol. The van der Waals surface area contributed by atoms with Crippen LogP contribution in [-0.4, -0.2) is 32.1 Å². The average molecular weight is 281 g/mol. The zero-order valence-corrected chi connectivity index (χ0v) is 11.8. The number of nitrogens with zero attached hydrogens (tertiary/aromatic N) is 5. The lowest BCUT2D eigenvalue weighted by Gasteiger charge is -2.07. The number of rotatable bonds is 3. The van der Waals surface area contributed by atoms with Crippen LogP contribution in [0, 0.1) is 0 Å². The third kappa shape index (κ3) is 2.29. The van der Waals surface area contributed by atoms with Crippen LogP contribution in [0.15, 0.2) is 24.3 Å². The van der Waals surface area contributed by atoms with Crippen LogP contribution in [-0.2, 0) is 0 Å². The van der Waals surface area contributed by atoms with Crippen molar-refractivity contribution in [2.45, 2.75) is 6.92 Å². The van der Waals surface area contributed by atoms with Gasteiger partial charge in [0.25, 0.3) is 0 Å². The molecule has 2 aromatic heterocycles. The monoisotopic (exact) mass is 281 g/mol. The first-order valence-corrected chi connectivity index (χ1v) is 6.51. The summed E-state index contributed by atoms with van der Waals surface area (Å²) in [4.78, 5) is 4.52. The maximum absolute atomic E-state index is 4.52. The summed E-state index contributed by atoms with van der Waals surface area (Å²) in [7, 11) is 1.88. The van der Waals surface area contributed by atoms with Gasteiger partial charge in [0, 0.05) is 18.4 Å². The molecule has 3 rings (SSSR count). The fourth-order valence-electron chi connectivity index (χ4n) is 2.03. The zero-order valence-electron chi connectivity index (χ0n) is 11.8. The number of hydrogen-bond donors (Lipinski definition) is 2. The normalized spacial score (nSPS) is 11.8. The quantitative estimate of drug-likeness (QED) is 0.728. The van der Waals surface area contributed by atoms with Crippen molar-refractivity contribution < 1.29 is 0 Å². The van der Waals surface area contributed by atoms with Crippen LogP contribution in [0.25, 0.3) is 18.3 Å². The largest absolute Gasteiger partial charge is 0.388 e. The van der Waals surface area contributed by atoms with Crippen LogP contribution in [0.3, 0.4) is 0 Å². The first kappa shape index (κ1) is 13.0. The van der Waals surface area contributed by atoms with Crippen molar-refractivity contribution in [2.75, 3.05) is 17.7 Å². The molecule has 0 amide bonds. The topological polar surface area (TPSA) is 80.0 Å². The molecule has 7 heteroatoms. The van der Waals surface area contributed by atoms with E-state index >= 15 is 0 Å². The minimum atomic E-state index is 0.545. The number of tetrazole rings is 1. The third-order valence-corrected chi connectivity index (χ3v) is 3.17. The van der Waals surface area contributed by atoms with Crippen molar-refractivity contribution >= 4 is 35.5 Å². The Balaban J connectivity index is 2.09. The van der Waals surface area contributed by atoms with Crippen LogP contribution in [0.4, 0.5) is 17.2 Å². The molecule has 0 aliphatic rings. The van der Waals surface area contributed by atoms with E-state index in [-0.39, 0.29) is 0 Å². The molecular formula is C14H15N7. The van der Waals surface area contributed by atoms with Gasteiger partial charge >= 0.3 is 0 Å². The molecule has 0 spiro atoms. The number of nitrogens with one attached hydrogen (secondary N) is 2. The summed E-state index contributed by atoms with van der Waals surface area (Å²) < 4.78 is 1.58. The van der Waals surface area contributed by atoms with Gasteiger partial charge in [-0.3, -0.25) is 0 Å². The molecule has 1 aromatic carbocycles. The molecule has 0 atom stereocenters. The van der Waals surface area contributed by atoms with Crippen LogP contribution in [0.5, 0.6) is 0 Å². The highest BCUT2D eigenvalue weighted by Crippen LogP contribution is 2.18. The van der Waals surface area contributed by atoms with Gasteiger partial charge in [-0.05, 0) is 41.6 Å². The van der Waals surface area contributed by atoms with Gasteiger partial charge in [-0.25, -0.2) is 4.98 Å². The Hall–Kier alpha value is -2.96. The Morgan fingerprint density at radius 1 is 1.19 bits per heavy atom. The van der Waals surface area contributed by atoms with Crippen molar-refractivity contribution in [1.82, 2.24) is 25.0 Å². The Kier molecular flexibility index (Phi) is 3.23. The van der Waals surface area contributed by atoms with Crippen LogP contribution in [0.1, 0.15) is 6.92 Å². The van der Waals surface area contributed by atoms with E-state index in [2.05, 4.69) is 37.7 Å². The fourth-order valence-corrected chi connectivity index (χ4v) is 2.03. The molecule has 0 fully saturated rings. The Morgan fingerprint density at radius 2 is 1.90 bits per heavy atom. The molecule has 0 aliphatic carbocycles. The van der Waals surface area contributed by atoms with E-state index in [0.717, 1.165) is 16.7 Å². The second-order valence-corrected chi connectivity index (χ2v) is 4.45. The Morgan fingerprint density at radius 3 is 2.57 bits per heavy atom. The summed E-state index contributed by atoms with van der Waals surface area (Å²) in [6.45, 7) is 5.85. The van der Waals surface area contributed by atoms with Crippen molar-refractivity contribution in [3.05, 3.63) is 35.0 Å². The lowest BCUT2D eigenvalue weighted by Crippen LogP contribution is -2.34. The third-order valence-electron chi connectivity index (χ3n) is 3.17. The summed E-state index contributed by atoms with van der Waals surface area (Å²) in [6.07, 6.45) is 1.87. The van der Waals surface area contributed by atoms with Gasteiger partial charge in [0.2, 0.25) is 5.65 Å². The average Bonchev–Trinajstić information content (AvgIpc) is 3.01. The summed E-state index contributed by atoms with van der Waals surface area (Å²) in [5.74, 6) is 0.595. The van der Waals surface area contributed by atoms with Gasteiger partial charge < -0.3 is 10.6 Å². The standard InChI is InChI=1S/C14H15N7/c1-4-12-9(2)21-14(18-19-20-21)13(17-12)16-11-7-5-10(15-3)6-8-11/h4-8,15H,2H2,1,3H3,(H,16,17)/b12-4+. The van der Waals surface area contributed by atoms with Gasteiger partial charge in [0.1, 0.15) is 0 Å². The summed E-state index contributed by atoms with van der Waals surface area (Å²) in [6, 6.07) is 7.87. The molecule has 2 N–H and O–H groups in total. The van der Waals surface area contributed by atoms with E-state index in [4.69, 9.17) is 0 Å². The lowest BCUT2D eigenvalue weighted by atomic mass is 10.3. The molecule has 106 valence electrons. The van der Waals surface area contributed by atoms with Gasteiger partial charge in [-0.2, -0.15) is 4.52 Å². The molecule has 0 aliphatic heterocycles. The zero-order chi connectivity index (χ0) is 14.8. The van der Waals surface area contributed by atoms with E-state index < -0.39 is 0 Å². The first-order valence-electron chi connectivity index (χ1n) is 6.51. The van der Waals surface area contributed by atoms with Crippen molar-refractivity contribution in [2.24, 2.45) is 0 Å².